The molecule has 1 heterocycles. The third kappa shape index (κ3) is 3.53. The highest BCUT2D eigenvalue weighted by Gasteiger charge is 2.20. The van der Waals surface area contributed by atoms with E-state index in [1.54, 1.807) is 19.2 Å². The fourth-order valence-electron chi connectivity index (χ4n) is 1.24. The molecule has 0 aliphatic heterocycles. The molecular formula is C10H17N3O2S. The Morgan fingerprint density at radius 2 is 2.06 bits per heavy atom. The molecular weight excluding hydrogens is 226 g/mol. The average Bonchev–Trinajstić information content (AvgIpc) is 2.14. The lowest BCUT2D eigenvalue weighted by Crippen LogP contribution is -2.19. The van der Waals surface area contributed by atoms with Gasteiger partial charge in [-0.15, -0.1) is 0 Å². The first-order valence-electron chi connectivity index (χ1n) is 5.07. The summed E-state index contributed by atoms with van der Waals surface area (Å²) in [6.45, 7) is 3.46. The first-order chi connectivity index (χ1) is 7.30. The molecule has 1 aromatic rings. The van der Waals surface area contributed by atoms with Crippen molar-refractivity contribution >= 4 is 9.84 Å². The summed E-state index contributed by atoms with van der Waals surface area (Å²) in [5.41, 5.74) is 6.43. The van der Waals surface area contributed by atoms with Crippen molar-refractivity contribution in [3.05, 3.63) is 23.8 Å². The van der Waals surface area contributed by atoms with Gasteiger partial charge in [0, 0.05) is 30.6 Å². The Bertz CT molecular complexity index is 457. The van der Waals surface area contributed by atoms with Gasteiger partial charge in [-0.2, -0.15) is 0 Å². The molecule has 2 atom stereocenters. The van der Waals surface area contributed by atoms with Crippen LogP contribution in [0.1, 0.15) is 30.6 Å². The van der Waals surface area contributed by atoms with Gasteiger partial charge in [-0.3, -0.25) is 0 Å². The number of rotatable bonds is 4. The van der Waals surface area contributed by atoms with E-state index in [1.165, 1.54) is 6.26 Å². The predicted molar refractivity (Wildman–Crippen MR) is 62.6 cm³/mol. The van der Waals surface area contributed by atoms with Crippen molar-refractivity contribution in [1.29, 1.82) is 0 Å². The van der Waals surface area contributed by atoms with Crippen molar-refractivity contribution in [3.63, 3.8) is 0 Å². The van der Waals surface area contributed by atoms with Crippen LogP contribution in [0.4, 0.5) is 0 Å². The Morgan fingerprint density at radius 3 is 2.56 bits per heavy atom. The molecule has 0 radical (unpaired) electrons. The topological polar surface area (TPSA) is 85.9 Å². The van der Waals surface area contributed by atoms with Gasteiger partial charge >= 0.3 is 0 Å². The van der Waals surface area contributed by atoms with Crippen molar-refractivity contribution < 1.29 is 8.42 Å². The zero-order valence-corrected chi connectivity index (χ0v) is 10.5. The highest BCUT2D eigenvalue weighted by atomic mass is 32.2. The summed E-state index contributed by atoms with van der Waals surface area (Å²) in [6, 6.07) is 1.75. The predicted octanol–water partition coefficient (Wildman–Crippen LogP) is 0.472. The lowest BCUT2D eigenvalue weighted by atomic mass is 10.2. The molecule has 0 fully saturated rings. The molecule has 0 amide bonds. The molecule has 0 saturated heterocycles. The molecule has 0 saturated carbocycles. The second kappa shape index (κ2) is 4.88. The molecule has 0 spiro atoms. The molecule has 0 bridgehead atoms. The average molecular weight is 243 g/mol. The summed E-state index contributed by atoms with van der Waals surface area (Å²) in [7, 11) is -3.16. The zero-order valence-electron chi connectivity index (χ0n) is 9.71. The van der Waals surface area contributed by atoms with Crippen LogP contribution in [0.15, 0.2) is 12.3 Å². The van der Waals surface area contributed by atoms with E-state index in [0.29, 0.717) is 12.2 Å². The zero-order chi connectivity index (χ0) is 12.3. The maximum absolute atomic E-state index is 11.4. The molecule has 2 N–H and O–H groups in total. The van der Waals surface area contributed by atoms with Crippen LogP contribution in [-0.2, 0) is 16.3 Å². The van der Waals surface area contributed by atoms with Crippen molar-refractivity contribution in [2.45, 2.75) is 31.6 Å². The molecule has 6 heteroatoms. The number of aromatic nitrogens is 2. The van der Waals surface area contributed by atoms with Crippen LogP contribution in [0, 0.1) is 0 Å². The van der Waals surface area contributed by atoms with Gasteiger partial charge in [0.15, 0.2) is 9.84 Å². The molecule has 90 valence electrons. The largest absolute Gasteiger partial charge is 0.328 e. The van der Waals surface area contributed by atoms with E-state index in [2.05, 4.69) is 9.97 Å². The minimum absolute atomic E-state index is 0.00344. The Morgan fingerprint density at radius 1 is 1.44 bits per heavy atom. The first kappa shape index (κ1) is 13.1. The van der Waals surface area contributed by atoms with Gasteiger partial charge in [0.25, 0.3) is 0 Å². The van der Waals surface area contributed by atoms with Gasteiger partial charge in [0.1, 0.15) is 11.1 Å². The van der Waals surface area contributed by atoms with Crippen molar-refractivity contribution in [2.24, 2.45) is 5.73 Å². The number of hydrogen-bond donors (Lipinski definition) is 1. The molecule has 1 rings (SSSR count). The van der Waals surface area contributed by atoms with Gasteiger partial charge in [0.2, 0.25) is 0 Å². The van der Waals surface area contributed by atoms with E-state index in [9.17, 15) is 8.42 Å². The Balaban J connectivity index is 2.99. The van der Waals surface area contributed by atoms with Crippen LogP contribution < -0.4 is 5.73 Å². The maximum atomic E-state index is 11.4. The third-order valence-corrected chi connectivity index (χ3v) is 3.76. The molecule has 0 aliphatic carbocycles. The highest BCUT2D eigenvalue weighted by molar-refractivity contribution is 7.90. The van der Waals surface area contributed by atoms with Gasteiger partial charge < -0.3 is 5.73 Å². The minimum Gasteiger partial charge on any atom is -0.328 e. The van der Waals surface area contributed by atoms with E-state index in [0.717, 1.165) is 5.69 Å². The van der Waals surface area contributed by atoms with Crippen LogP contribution in [0.3, 0.4) is 0 Å². The number of sulfone groups is 1. The lowest BCUT2D eigenvalue weighted by molar-refractivity contribution is 0.588. The van der Waals surface area contributed by atoms with E-state index in [1.807, 2.05) is 6.92 Å². The van der Waals surface area contributed by atoms with Gasteiger partial charge in [-0.25, -0.2) is 18.4 Å². The van der Waals surface area contributed by atoms with Gasteiger partial charge in [-0.1, -0.05) is 0 Å². The van der Waals surface area contributed by atoms with Crippen LogP contribution in [0.25, 0.3) is 0 Å². The smallest absolute Gasteiger partial charge is 0.157 e. The van der Waals surface area contributed by atoms with E-state index in [4.69, 9.17) is 5.73 Å². The SMILES string of the molecule is CC(N)Cc1ccnc(C(C)S(C)(=O)=O)n1. The molecule has 5 nitrogen and oxygen atoms in total. The van der Waals surface area contributed by atoms with Crippen LogP contribution in [0.5, 0.6) is 0 Å². The van der Waals surface area contributed by atoms with Gasteiger partial charge in [-0.05, 0) is 19.9 Å². The van der Waals surface area contributed by atoms with Gasteiger partial charge in [0.05, 0.1) is 0 Å². The van der Waals surface area contributed by atoms with E-state index < -0.39 is 15.1 Å². The van der Waals surface area contributed by atoms with Crippen molar-refractivity contribution in [1.82, 2.24) is 9.97 Å². The summed E-state index contributed by atoms with van der Waals surface area (Å²) in [6.07, 6.45) is 3.37. The Hall–Kier alpha value is -1.01. The summed E-state index contributed by atoms with van der Waals surface area (Å²) in [5.74, 6) is 0.334. The molecule has 0 aromatic carbocycles. The second-order valence-corrected chi connectivity index (χ2v) is 6.43. The van der Waals surface area contributed by atoms with Crippen LogP contribution in [0.2, 0.25) is 0 Å². The number of nitrogens with zero attached hydrogens (tertiary/aromatic N) is 2. The molecule has 16 heavy (non-hydrogen) atoms. The van der Waals surface area contributed by atoms with E-state index >= 15 is 0 Å². The Kier molecular flexibility index (Phi) is 3.98. The van der Waals surface area contributed by atoms with Crippen LogP contribution in [-0.4, -0.2) is 30.7 Å². The van der Waals surface area contributed by atoms with Crippen LogP contribution >= 0.6 is 0 Å². The molecule has 2 unspecified atom stereocenters. The number of nitrogens with two attached hydrogens (primary N) is 1. The fourth-order valence-corrected chi connectivity index (χ4v) is 1.74. The van der Waals surface area contributed by atoms with E-state index in [-0.39, 0.29) is 6.04 Å². The first-order valence-corrected chi connectivity index (χ1v) is 7.02. The van der Waals surface area contributed by atoms with Crippen molar-refractivity contribution in [3.8, 4) is 0 Å². The minimum atomic E-state index is -3.16. The molecule has 0 aliphatic rings. The quantitative estimate of drug-likeness (QED) is 0.830. The third-order valence-electron chi connectivity index (χ3n) is 2.27. The summed E-state index contributed by atoms with van der Waals surface area (Å²) in [4.78, 5) is 8.19. The van der Waals surface area contributed by atoms with Crippen molar-refractivity contribution in [2.75, 3.05) is 6.26 Å². The number of hydrogen-bond acceptors (Lipinski definition) is 5. The lowest BCUT2D eigenvalue weighted by Gasteiger charge is -2.10. The Labute approximate surface area is 96.0 Å². The standard InChI is InChI=1S/C10H17N3O2S/c1-7(11)6-9-4-5-12-10(13-9)8(2)16(3,14)15/h4-5,7-8H,6,11H2,1-3H3. The summed E-state index contributed by atoms with van der Waals surface area (Å²) in [5, 5.41) is -0.680. The normalized spacial score (nSPS) is 15.8. The highest BCUT2D eigenvalue weighted by Crippen LogP contribution is 2.16. The second-order valence-electron chi connectivity index (χ2n) is 4.06. The summed E-state index contributed by atoms with van der Waals surface area (Å²) < 4.78 is 22.7. The molecule has 1 aromatic heterocycles. The summed E-state index contributed by atoms with van der Waals surface area (Å²) >= 11 is 0. The monoisotopic (exact) mass is 243 g/mol. The maximum Gasteiger partial charge on any atom is 0.157 e. The fraction of sp³-hybridized carbons (Fsp3) is 0.600.